The summed E-state index contributed by atoms with van der Waals surface area (Å²) >= 11 is 0. The van der Waals surface area contributed by atoms with Crippen molar-refractivity contribution in [3.63, 3.8) is 0 Å². The Kier molecular flexibility index (Phi) is 8.02. The van der Waals surface area contributed by atoms with Crippen LogP contribution in [0.3, 0.4) is 0 Å². The topological polar surface area (TPSA) is 0 Å². The van der Waals surface area contributed by atoms with Crippen LogP contribution in [0.25, 0.3) is 0 Å². The first-order valence-electron chi connectivity index (χ1n) is 11.4. The number of hydrogen-bond acceptors (Lipinski definition) is 0. The fourth-order valence-electron chi connectivity index (χ4n) is 5.66. The minimum atomic E-state index is -0.179. The molecule has 0 aromatic heterocycles. The second kappa shape index (κ2) is 10.5. The Morgan fingerprint density at radius 2 is 1.42 bits per heavy atom. The van der Waals surface area contributed by atoms with Gasteiger partial charge in [-0.3, -0.25) is 4.39 Å². The van der Waals surface area contributed by atoms with Gasteiger partial charge in [-0.25, -0.2) is 0 Å². The summed E-state index contributed by atoms with van der Waals surface area (Å²) in [6.07, 6.45) is 17.2. The lowest BCUT2D eigenvalue weighted by Crippen LogP contribution is -2.25. The maximum Gasteiger partial charge on any atom is 0.0894 e. The van der Waals surface area contributed by atoms with Gasteiger partial charge in [0, 0.05) is 0 Å². The lowest BCUT2D eigenvalue weighted by molar-refractivity contribution is 0.156. The van der Waals surface area contributed by atoms with Crippen LogP contribution in [0.1, 0.15) is 101 Å². The van der Waals surface area contributed by atoms with Crippen molar-refractivity contribution in [1.82, 2.24) is 0 Å². The summed E-state index contributed by atoms with van der Waals surface area (Å²) in [7, 11) is 0. The number of halogens is 1. The number of alkyl halides is 1. The molecule has 0 spiro atoms. The molecule has 146 valence electrons. The molecule has 0 aliphatic heterocycles. The predicted molar refractivity (Wildman–Crippen MR) is 110 cm³/mol. The molecule has 2 aliphatic carbocycles. The molecule has 1 aromatic carbocycles. The summed E-state index contributed by atoms with van der Waals surface area (Å²) in [5, 5.41) is 0. The monoisotopic (exact) mass is 358 g/mol. The Morgan fingerprint density at radius 1 is 0.808 bits per heavy atom. The van der Waals surface area contributed by atoms with Crippen LogP contribution >= 0.6 is 0 Å². The lowest BCUT2D eigenvalue weighted by Gasteiger charge is -2.38. The van der Waals surface area contributed by atoms with Crippen molar-refractivity contribution in [2.24, 2.45) is 17.8 Å². The first-order valence-corrected chi connectivity index (χ1v) is 11.4. The molecular weight excluding hydrogens is 319 g/mol. The van der Waals surface area contributed by atoms with Gasteiger partial charge in [-0.15, -0.1) is 0 Å². The van der Waals surface area contributed by atoms with Crippen molar-refractivity contribution in [3.8, 4) is 0 Å². The van der Waals surface area contributed by atoms with E-state index in [1.54, 1.807) is 5.56 Å². The predicted octanol–water partition coefficient (Wildman–Crippen LogP) is 7.86. The molecule has 0 amide bonds. The largest absolute Gasteiger partial charge is 0.251 e. The summed E-state index contributed by atoms with van der Waals surface area (Å²) in [5.74, 6) is 3.86. The third kappa shape index (κ3) is 5.57. The van der Waals surface area contributed by atoms with Crippen LogP contribution in [0.2, 0.25) is 0 Å². The molecule has 26 heavy (non-hydrogen) atoms. The number of hydrogen-bond donors (Lipinski definition) is 0. The number of aryl methyl sites for hydroxylation is 1. The Labute approximate surface area is 161 Å². The molecule has 0 heterocycles. The smallest absolute Gasteiger partial charge is 0.0894 e. The van der Waals surface area contributed by atoms with Gasteiger partial charge in [0.25, 0.3) is 0 Å². The number of unbranched alkanes of at least 4 members (excludes halogenated alkanes) is 1. The first-order chi connectivity index (χ1) is 12.8. The zero-order valence-electron chi connectivity index (χ0n) is 16.9. The maximum absolute atomic E-state index is 12.2. The van der Waals surface area contributed by atoms with Crippen LogP contribution in [-0.2, 0) is 6.42 Å². The van der Waals surface area contributed by atoms with Gasteiger partial charge in [-0.05, 0) is 92.6 Å². The van der Waals surface area contributed by atoms with Gasteiger partial charge >= 0.3 is 0 Å². The molecule has 0 radical (unpaired) electrons. The van der Waals surface area contributed by atoms with E-state index in [-0.39, 0.29) is 6.67 Å². The highest BCUT2D eigenvalue weighted by molar-refractivity contribution is 5.26. The van der Waals surface area contributed by atoms with Gasteiger partial charge in [-0.1, -0.05) is 56.9 Å². The van der Waals surface area contributed by atoms with Crippen LogP contribution in [0.15, 0.2) is 24.3 Å². The van der Waals surface area contributed by atoms with E-state index >= 15 is 0 Å². The van der Waals surface area contributed by atoms with Gasteiger partial charge in [0.2, 0.25) is 0 Å². The third-order valence-corrected chi connectivity index (χ3v) is 7.33. The quantitative estimate of drug-likeness (QED) is 0.415. The van der Waals surface area contributed by atoms with Gasteiger partial charge in [0.05, 0.1) is 6.67 Å². The van der Waals surface area contributed by atoms with Crippen LogP contribution in [0, 0.1) is 17.8 Å². The third-order valence-electron chi connectivity index (χ3n) is 7.33. The van der Waals surface area contributed by atoms with E-state index in [4.69, 9.17) is 0 Å². The Bertz CT molecular complexity index is 489. The van der Waals surface area contributed by atoms with Crippen molar-refractivity contribution in [3.05, 3.63) is 35.4 Å². The van der Waals surface area contributed by atoms with Crippen LogP contribution in [-0.4, -0.2) is 6.67 Å². The highest BCUT2D eigenvalue weighted by Crippen LogP contribution is 2.44. The molecule has 1 heteroatoms. The fraction of sp³-hybridized carbons (Fsp3) is 0.760. The molecule has 1 aromatic rings. The Hall–Kier alpha value is -0.850. The lowest BCUT2D eigenvalue weighted by atomic mass is 9.68. The van der Waals surface area contributed by atoms with Gasteiger partial charge in [-0.2, -0.15) is 0 Å². The molecule has 0 nitrogen and oxygen atoms in total. The average Bonchev–Trinajstić information content (AvgIpc) is 2.70. The van der Waals surface area contributed by atoms with E-state index in [1.165, 1.54) is 69.8 Å². The molecule has 0 saturated heterocycles. The van der Waals surface area contributed by atoms with E-state index < -0.39 is 0 Å². The van der Waals surface area contributed by atoms with E-state index in [1.807, 2.05) is 0 Å². The highest BCUT2D eigenvalue weighted by atomic mass is 19.1. The molecular formula is C25H39F. The minimum Gasteiger partial charge on any atom is -0.251 e. The molecule has 2 fully saturated rings. The SMILES string of the molecule is CCCC1CCC(C2CCC(c3ccc(CCCCF)cc3)CC2)CC1. The molecule has 3 rings (SSSR count). The zero-order chi connectivity index (χ0) is 18.2. The average molecular weight is 359 g/mol. The summed E-state index contributed by atoms with van der Waals surface area (Å²) in [4.78, 5) is 0. The maximum atomic E-state index is 12.2. The Balaban J connectivity index is 1.42. The van der Waals surface area contributed by atoms with Crippen LogP contribution < -0.4 is 0 Å². The molecule has 0 atom stereocenters. The van der Waals surface area contributed by atoms with Crippen molar-refractivity contribution >= 4 is 0 Å². The van der Waals surface area contributed by atoms with Crippen molar-refractivity contribution in [1.29, 1.82) is 0 Å². The Morgan fingerprint density at radius 3 is 2.00 bits per heavy atom. The summed E-state index contributed by atoms with van der Waals surface area (Å²) in [5.41, 5.74) is 2.92. The second-order valence-corrected chi connectivity index (χ2v) is 9.07. The zero-order valence-corrected chi connectivity index (χ0v) is 16.9. The standard InChI is InChI=1S/C25H39F/c1-2-5-20-7-11-22(12-8-20)24-15-17-25(18-16-24)23-13-9-21(10-14-23)6-3-4-19-26/h9-10,13-14,20,22,24-25H,2-8,11-12,15-19H2,1H3. The highest BCUT2D eigenvalue weighted by Gasteiger charge is 2.30. The molecule has 0 bridgehead atoms. The fourth-order valence-corrected chi connectivity index (χ4v) is 5.66. The summed E-state index contributed by atoms with van der Waals surface area (Å²) in [6.45, 7) is 2.16. The van der Waals surface area contributed by atoms with Gasteiger partial charge < -0.3 is 0 Å². The minimum absolute atomic E-state index is 0.179. The molecule has 0 unspecified atom stereocenters. The van der Waals surface area contributed by atoms with Crippen molar-refractivity contribution < 1.29 is 4.39 Å². The van der Waals surface area contributed by atoms with Crippen molar-refractivity contribution in [2.75, 3.05) is 6.67 Å². The molecule has 2 saturated carbocycles. The van der Waals surface area contributed by atoms with Gasteiger partial charge in [0.1, 0.15) is 0 Å². The van der Waals surface area contributed by atoms with Crippen LogP contribution in [0.5, 0.6) is 0 Å². The van der Waals surface area contributed by atoms with Crippen molar-refractivity contribution in [2.45, 2.75) is 96.3 Å². The summed E-state index contributed by atoms with van der Waals surface area (Å²) < 4.78 is 12.2. The normalized spacial score (nSPS) is 29.6. The van der Waals surface area contributed by atoms with E-state index in [0.717, 1.165) is 36.5 Å². The van der Waals surface area contributed by atoms with E-state index in [0.29, 0.717) is 6.42 Å². The molecule has 2 aliphatic rings. The second-order valence-electron chi connectivity index (χ2n) is 9.07. The molecule has 0 N–H and O–H groups in total. The van der Waals surface area contributed by atoms with Crippen LogP contribution in [0.4, 0.5) is 4.39 Å². The number of rotatable bonds is 8. The van der Waals surface area contributed by atoms with E-state index in [9.17, 15) is 4.39 Å². The number of benzene rings is 1. The first kappa shape index (κ1) is 19.9. The summed E-state index contributed by atoms with van der Waals surface area (Å²) in [6, 6.07) is 9.28. The van der Waals surface area contributed by atoms with Gasteiger partial charge in [0.15, 0.2) is 0 Å². The van der Waals surface area contributed by atoms with E-state index in [2.05, 4.69) is 31.2 Å².